The molecule has 0 aliphatic heterocycles. The van der Waals surface area contributed by atoms with Crippen molar-refractivity contribution in [2.75, 3.05) is 24.7 Å². The molecule has 5 nitrogen and oxygen atoms in total. The van der Waals surface area contributed by atoms with Crippen LogP contribution in [-0.2, 0) is 20.3 Å². The molecule has 2 N–H and O–H groups in total. The quantitative estimate of drug-likeness (QED) is 0.436. The van der Waals surface area contributed by atoms with Crippen molar-refractivity contribution in [3.05, 3.63) is 0 Å². The fraction of sp³-hybridized carbons (Fsp3) is 0.909. The normalized spacial score (nSPS) is 14.3. The van der Waals surface area contributed by atoms with Crippen LogP contribution < -0.4 is 0 Å². The second-order valence-corrected chi connectivity index (χ2v) is 5.37. The van der Waals surface area contributed by atoms with E-state index >= 15 is 0 Å². The van der Waals surface area contributed by atoms with Gasteiger partial charge >= 0.3 is 5.97 Å². The summed E-state index contributed by atoms with van der Waals surface area (Å²) in [4.78, 5) is 11.2. The molecule has 0 bridgehead atoms. The number of hydrogen-bond donors (Lipinski definition) is 2. The lowest BCUT2D eigenvalue weighted by atomic mass is 10.2. The van der Waals surface area contributed by atoms with Crippen LogP contribution in [0.4, 0.5) is 0 Å². The van der Waals surface area contributed by atoms with Crippen LogP contribution in [0.15, 0.2) is 0 Å². The topological polar surface area (TPSA) is 83.8 Å². The van der Waals surface area contributed by atoms with Crippen LogP contribution in [0.2, 0.25) is 0 Å². The van der Waals surface area contributed by atoms with Crippen LogP contribution in [0.5, 0.6) is 0 Å². The number of unbranched alkanes of at least 4 members (excludes halogenated alkanes) is 3. The summed E-state index contributed by atoms with van der Waals surface area (Å²) < 4.78 is 16.2. The van der Waals surface area contributed by atoms with Gasteiger partial charge in [-0.2, -0.15) is 0 Å². The van der Waals surface area contributed by atoms with Gasteiger partial charge in [-0.1, -0.05) is 26.2 Å². The molecule has 0 aromatic heterocycles. The van der Waals surface area contributed by atoms with Crippen molar-refractivity contribution in [2.45, 2.75) is 38.7 Å². The molecule has 0 rings (SSSR count). The van der Waals surface area contributed by atoms with E-state index in [1.54, 1.807) is 0 Å². The highest BCUT2D eigenvalue weighted by Crippen LogP contribution is 1.99. The monoisotopic (exact) mass is 266 g/mol. The number of esters is 1. The summed E-state index contributed by atoms with van der Waals surface area (Å²) >= 11 is 0. The molecule has 0 saturated carbocycles. The molecule has 2 atom stereocenters. The Kier molecular flexibility index (Phi) is 10.4. The Morgan fingerprint density at radius 1 is 1.35 bits per heavy atom. The fourth-order valence-corrected chi connectivity index (χ4v) is 2.21. The highest BCUT2D eigenvalue weighted by molar-refractivity contribution is 7.85. The summed E-state index contributed by atoms with van der Waals surface area (Å²) in [5.74, 6) is -0.823. The van der Waals surface area contributed by atoms with Crippen LogP contribution >= 0.6 is 0 Å². The predicted molar refractivity (Wildman–Crippen MR) is 66.1 cm³/mol. The third-order valence-corrected chi connectivity index (χ3v) is 3.44. The first-order valence-electron chi connectivity index (χ1n) is 5.89. The van der Waals surface area contributed by atoms with Crippen LogP contribution in [-0.4, -0.2) is 51.2 Å². The Bertz CT molecular complexity index is 232. The average molecular weight is 266 g/mol. The van der Waals surface area contributed by atoms with Gasteiger partial charge in [0.15, 0.2) is 0 Å². The second kappa shape index (κ2) is 10.7. The van der Waals surface area contributed by atoms with Gasteiger partial charge in [-0.15, -0.1) is 0 Å². The van der Waals surface area contributed by atoms with Crippen molar-refractivity contribution in [3.63, 3.8) is 0 Å². The van der Waals surface area contributed by atoms with E-state index in [1.165, 1.54) is 0 Å². The molecule has 0 aliphatic rings. The average Bonchev–Trinajstić information content (AvgIpc) is 2.28. The predicted octanol–water partition coefficient (Wildman–Crippen LogP) is 0.212. The Morgan fingerprint density at radius 2 is 2.06 bits per heavy atom. The van der Waals surface area contributed by atoms with Crippen molar-refractivity contribution >= 4 is 16.8 Å². The van der Waals surface area contributed by atoms with Crippen LogP contribution in [0.25, 0.3) is 0 Å². The molecule has 0 aliphatic carbocycles. The minimum Gasteiger partial charge on any atom is -0.465 e. The Labute approximate surface area is 105 Å². The molecule has 0 aromatic carbocycles. The van der Waals surface area contributed by atoms with E-state index in [0.717, 1.165) is 25.7 Å². The summed E-state index contributed by atoms with van der Waals surface area (Å²) in [7, 11) is -1.47. The fourth-order valence-electron chi connectivity index (χ4n) is 1.21. The summed E-state index contributed by atoms with van der Waals surface area (Å²) in [5.41, 5.74) is 0. The van der Waals surface area contributed by atoms with E-state index < -0.39 is 29.5 Å². The summed E-state index contributed by atoms with van der Waals surface area (Å²) in [6.45, 7) is 2.01. The third kappa shape index (κ3) is 10.4. The van der Waals surface area contributed by atoms with E-state index in [2.05, 4.69) is 6.92 Å². The van der Waals surface area contributed by atoms with Gasteiger partial charge in [0, 0.05) is 10.8 Å². The van der Waals surface area contributed by atoms with E-state index in [4.69, 9.17) is 14.9 Å². The lowest BCUT2D eigenvalue weighted by molar-refractivity contribution is -0.140. The van der Waals surface area contributed by atoms with Gasteiger partial charge in [0.2, 0.25) is 0 Å². The number of aliphatic hydroxyl groups is 2. The molecule has 0 saturated heterocycles. The first-order valence-corrected chi connectivity index (χ1v) is 7.38. The van der Waals surface area contributed by atoms with Crippen LogP contribution in [0.3, 0.4) is 0 Å². The maximum atomic E-state index is 11.3. The van der Waals surface area contributed by atoms with Crippen molar-refractivity contribution in [2.24, 2.45) is 0 Å². The van der Waals surface area contributed by atoms with E-state index in [0.29, 0.717) is 6.61 Å². The molecule has 0 amide bonds. The molecule has 102 valence electrons. The van der Waals surface area contributed by atoms with Crippen LogP contribution in [0, 0.1) is 0 Å². The Morgan fingerprint density at radius 3 is 2.65 bits per heavy atom. The minimum atomic E-state index is -1.47. The van der Waals surface area contributed by atoms with Gasteiger partial charge in [0.1, 0.15) is 5.75 Å². The third-order valence-electron chi connectivity index (χ3n) is 2.13. The largest absolute Gasteiger partial charge is 0.465 e. The molecule has 0 heterocycles. The number of carbonyl (C=O) groups is 1. The lowest BCUT2D eigenvalue weighted by Crippen LogP contribution is -2.25. The highest BCUT2D eigenvalue weighted by Gasteiger charge is 2.13. The van der Waals surface area contributed by atoms with Gasteiger partial charge in [-0.05, 0) is 6.42 Å². The number of aliphatic hydroxyl groups excluding tert-OH is 2. The Hall–Kier alpha value is -0.460. The molecule has 0 aromatic rings. The molecule has 17 heavy (non-hydrogen) atoms. The SMILES string of the molecule is CCCCCCOC(=O)CS(=O)CC(O)CO. The van der Waals surface area contributed by atoms with E-state index in [-0.39, 0.29) is 11.5 Å². The molecule has 2 unspecified atom stereocenters. The molecule has 0 spiro atoms. The van der Waals surface area contributed by atoms with Crippen LogP contribution in [0.1, 0.15) is 32.6 Å². The number of ether oxygens (including phenoxy) is 1. The van der Waals surface area contributed by atoms with Crippen molar-refractivity contribution < 1.29 is 24.0 Å². The van der Waals surface area contributed by atoms with Crippen molar-refractivity contribution in [3.8, 4) is 0 Å². The Balaban J connectivity index is 3.54. The van der Waals surface area contributed by atoms with Gasteiger partial charge in [0.25, 0.3) is 0 Å². The van der Waals surface area contributed by atoms with Crippen molar-refractivity contribution in [1.82, 2.24) is 0 Å². The maximum absolute atomic E-state index is 11.3. The zero-order valence-corrected chi connectivity index (χ0v) is 11.1. The summed E-state index contributed by atoms with van der Waals surface area (Å²) in [6.07, 6.45) is 3.05. The molecule has 0 radical (unpaired) electrons. The van der Waals surface area contributed by atoms with E-state index in [9.17, 15) is 9.00 Å². The zero-order chi connectivity index (χ0) is 13.1. The maximum Gasteiger partial charge on any atom is 0.318 e. The number of hydrogen-bond acceptors (Lipinski definition) is 5. The molecular weight excluding hydrogens is 244 g/mol. The minimum absolute atomic E-state index is 0.0958. The second-order valence-electron chi connectivity index (χ2n) is 3.87. The zero-order valence-electron chi connectivity index (χ0n) is 10.3. The molecule has 0 fully saturated rings. The van der Waals surface area contributed by atoms with Gasteiger partial charge in [0.05, 0.1) is 25.1 Å². The lowest BCUT2D eigenvalue weighted by Gasteiger charge is -2.07. The summed E-state index contributed by atoms with van der Waals surface area (Å²) in [5, 5.41) is 17.6. The van der Waals surface area contributed by atoms with Crippen molar-refractivity contribution in [1.29, 1.82) is 0 Å². The van der Waals surface area contributed by atoms with E-state index in [1.807, 2.05) is 0 Å². The smallest absolute Gasteiger partial charge is 0.318 e. The molecule has 6 heteroatoms. The van der Waals surface area contributed by atoms with Gasteiger partial charge in [-0.3, -0.25) is 9.00 Å². The first kappa shape index (κ1) is 16.5. The summed E-state index contributed by atoms with van der Waals surface area (Å²) in [6, 6.07) is 0. The number of rotatable bonds is 10. The molecular formula is C11H22O5S. The highest BCUT2D eigenvalue weighted by atomic mass is 32.2. The number of carbonyl (C=O) groups excluding carboxylic acids is 1. The van der Waals surface area contributed by atoms with Gasteiger partial charge < -0.3 is 14.9 Å². The first-order chi connectivity index (χ1) is 8.10. The standard InChI is InChI=1S/C11H22O5S/c1-2-3-4-5-6-16-11(14)9-17(15)8-10(13)7-12/h10,12-13H,2-9H2,1H3. The van der Waals surface area contributed by atoms with Gasteiger partial charge in [-0.25, -0.2) is 0 Å².